The van der Waals surface area contributed by atoms with E-state index in [4.69, 9.17) is 4.74 Å². The molecular weight excluding hydrogens is 722 g/mol. The molecule has 0 fully saturated rings. The third kappa shape index (κ3) is 10.1. The van der Waals surface area contributed by atoms with Crippen molar-refractivity contribution in [1.29, 1.82) is 0 Å². The maximum Gasteiger partial charge on any atom is 0.272 e. The molecule has 0 saturated carbocycles. The monoisotopic (exact) mass is 753 g/mol. The van der Waals surface area contributed by atoms with E-state index in [0.29, 0.717) is 22.7 Å². The van der Waals surface area contributed by atoms with Crippen LogP contribution in [0.25, 0.3) is 6.08 Å². The molecule has 0 aliphatic heterocycles. The van der Waals surface area contributed by atoms with Gasteiger partial charge in [0.25, 0.3) is 11.8 Å². The van der Waals surface area contributed by atoms with Gasteiger partial charge in [-0.2, -0.15) is 0 Å². The highest BCUT2D eigenvalue weighted by molar-refractivity contribution is 9.10. The predicted octanol–water partition coefficient (Wildman–Crippen LogP) is 10.1. The van der Waals surface area contributed by atoms with E-state index in [2.05, 4.69) is 31.9 Å². The minimum atomic E-state index is -0.555. The fourth-order valence-electron chi connectivity index (χ4n) is 4.96. The molecule has 0 spiro atoms. The summed E-state index contributed by atoms with van der Waals surface area (Å²) in [5, 5.41) is 8.13. The van der Waals surface area contributed by atoms with Gasteiger partial charge in [0.1, 0.15) is 22.4 Å². The number of thioether (sulfide) groups is 1. The zero-order chi connectivity index (χ0) is 35.4. The van der Waals surface area contributed by atoms with Crippen molar-refractivity contribution in [2.45, 2.75) is 10.1 Å². The van der Waals surface area contributed by atoms with Gasteiger partial charge in [-0.05, 0) is 102 Å². The van der Waals surface area contributed by atoms with Gasteiger partial charge in [-0.25, -0.2) is 0 Å². The molecule has 0 bridgehead atoms. The van der Waals surface area contributed by atoms with Crippen molar-refractivity contribution in [2.75, 3.05) is 10.6 Å². The molecule has 252 valence electrons. The molecule has 0 aliphatic rings. The Hall–Kier alpha value is -5.90. The number of ether oxygens (including phenoxy) is 1. The number of nitrogens with one attached hydrogen (secondary N) is 3. The van der Waals surface area contributed by atoms with Gasteiger partial charge in [-0.1, -0.05) is 94.8 Å². The first kappa shape index (κ1) is 34.9. The van der Waals surface area contributed by atoms with Crippen LogP contribution in [-0.2, 0) is 9.59 Å². The molecule has 6 rings (SSSR count). The lowest BCUT2D eigenvalue weighted by Crippen LogP contribution is -2.30. The number of benzene rings is 6. The Bertz CT molecular complexity index is 2110. The van der Waals surface area contributed by atoms with Crippen molar-refractivity contribution in [3.63, 3.8) is 0 Å². The van der Waals surface area contributed by atoms with Gasteiger partial charge in [-0.3, -0.25) is 14.4 Å². The molecule has 1 unspecified atom stereocenters. The lowest BCUT2D eigenvalue weighted by atomic mass is 10.1. The van der Waals surface area contributed by atoms with E-state index >= 15 is 0 Å². The Morgan fingerprint density at radius 1 is 0.608 bits per heavy atom. The average molecular weight is 755 g/mol. The summed E-state index contributed by atoms with van der Waals surface area (Å²) in [7, 11) is 0. The normalized spacial score (nSPS) is 11.6. The highest BCUT2D eigenvalue weighted by atomic mass is 79.9. The smallest absolute Gasteiger partial charge is 0.272 e. The van der Waals surface area contributed by atoms with Crippen LogP contribution in [0.2, 0.25) is 0 Å². The second-order valence-electron chi connectivity index (χ2n) is 11.2. The maximum atomic E-state index is 13.7. The second-order valence-corrected chi connectivity index (χ2v) is 13.3. The highest BCUT2D eigenvalue weighted by Gasteiger charge is 2.23. The zero-order valence-electron chi connectivity index (χ0n) is 27.2. The van der Waals surface area contributed by atoms with Crippen molar-refractivity contribution < 1.29 is 19.1 Å². The first-order valence-electron chi connectivity index (χ1n) is 16.0. The SMILES string of the molecule is O=C(Nc1ccc(SC(C(=O)Nc2ccc(Oc3ccccc3)cc2)c2ccccc2)cc1)/C(=C/c1ccc(Br)cc1)NC(=O)c1ccccc1. The number of amides is 3. The van der Waals surface area contributed by atoms with Crippen LogP contribution in [-0.4, -0.2) is 17.7 Å². The molecule has 9 heteroatoms. The minimum absolute atomic E-state index is 0.0881. The molecule has 7 nitrogen and oxygen atoms in total. The number of rotatable bonds is 12. The fourth-order valence-corrected chi connectivity index (χ4v) is 6.25. The quantitative estimate of drug-likeness (QED) is 0.0854. The minimum Gasteiger partial charge on any atom is -0.457 e. The molecule has 0 heterocycles. The van der Waals surface area contributed by atoms with Crippen LogP contribution in [0.1, 0.15) is 26.7 Å². The van der Waals surface area contributed by atoms with Gasteiger partial charge in [-0.15, -0.1) is 11.8 Å². The van der Waals surface area contributed by atoms with Gasteiger partial charge in [0.05, 0.1) is 0 Å². The van der Waals surface area contributed by atoms with Crippen LogP contribution in [0, 0.1) is 0 Å². The summed E-state index contributed by atoms with van der Waals surface area (Å²) in [4.78, 5) is 41.0. The van der Waals surface area contributed by atoms with Crippen molar-refractivity contribution in [3.05, 3.63) is 191 Å². The average Bonchev–Trinajstić information content (AvgIpc) is 3.17. The van der Waals surface area contributed by atoms with E-state index in [0.717, 1.165) is 26.2 Å². The standard InChI is InChI=1S/C42H32BrN3O4S/c43-32-18-16-29(17-19-32)28-38(46-40(47)31-12-6-2-7-13-31)41(48)44-34-22-26-37(27-23-34)51-39(30-10-4-1-5-11-30)42(49)45-33-20-24-36(25-21-33)50-35-14-8-3-9-15-35/h1-28,39H,(H,44,48)(H,45,49)(H,46,47)/b38-28-. The summed E-state index contributed by atoms with van der Waals surface area (Å²) >= 11 is 4.82. The van der Waals surface area contributed by atoms with Crippen molar-refractivity contribution >= 4 is 62.9 Å². The number of halogens is 1. The Kier molecular flexibility index (Phi) is 11.8. The Balaban J connectivity index is 1.14. The van der Waals surface area contributed by atoms with Crippen LogP contribution in [0.15, 0.2) is 179 Å². The number of para-hydroxylation sites is 1. The van der Waals surface area contributed by atoms with Crippen LogP contribution >= 0.6 is 27.7 Å². The van der Waals surface area contributed by atoms with Crippen molar-refractivity contribution in [1.82, 2.24) is 5.32 Å². The molecule has 0 saturated heterocycles. The largest absolute Gasteiger partial charge is 0.457 e. The molecule has 6 aromatic carbocycles. The number of carbonyl (C=O) groups excluding carboxylic acids is 3. The Morgan fingerprint density at radius 2 is 1.16 bits per heavy atom. The first-order valence-corrected chi connectivity index (χ1v) is 17.7. The predicted molar refractivity (Wildman–Crippen MR) is 208 cm³/mol. The van der Waals surface area contributed by atoms with Crippen molar-refractivity contribution in [3.8, 4) is 11.5 Å². The third-order valence-electron chi connectivity index (χ3n) is 7.52. The number of hydrogen-bond acceptors (Lipinski definition) is 5. The molecule has 0 radical (unpaired) electrons. The van der Waals surface area contributed by atoms with Gasteiger partial charge in [0, 0.05) is 26.3 Å². The lowest BCUT2D eigenvalue weighted by Gasteiger charge is -2.18. The fraction of sp³-hybridized carbons (Fsp3) is 0.0238. The number of anilines is 2. The summed E-state index contributed by atoms with van der Waals surface area (Å²) in [6.07, 6.45) is 1.62. The summed E-state index contributed by atoms with van der Waals surface area (Å²) in [5.74, 6) is 0.326. The van der Waals surface area contributed by atoms with Crippen molar-refractivity contribution in [2.24, 2.45) is 0 Å². The van der Waals surface area contributed by atoms with E-state index in [-0.39, 0.29) is 11.6 Å². The number of hydrogen-bond donors (Lipinski definition) is 3. The third-order valence-corrected chi connectivity index (χ3v) is 9.31. The zero-order valence-corrected chi connectivity index (χ0v) is 29.6. The molecule has 6 aromatic rings. The van der Waals surface area contributed by atoms with Gasteiger partial charge >= 0.3 is 0 Å². The van der Waals surface area contributed by atoms with Gasteiger partial charge in [0.15, 0.2) is 0 Å². The summed E-state index contributed by atoms with van der Waals surface area (Å²) < 4.78 is 6.78. The molecular formula is C42H32BrN3O4S. The Labute approximate surface area is 308 Å². The highest BCUT2D eigenvalue weighted by Crippen LogP contribution is 2.37. The van der Waals surface area contributed by atoms with E-state index in [1.165, 1.54) is 11.8 Å². The molecule has 0 aliphatic carbocycles. The maximum absolute atomic E-state index is 13.7. The molecule has 0 aromatic heterocycles. The second kappa shape index (κ2) is 17.2. The van der Waals surface area contributed by atoms with E-state index in [1.54, 1.807) is 42.5 Å². The van der Waals surface area contributed by atoms with Crippen LogP contribution in [0.3, 0.4) is 0 Å². The van der Waals surface area contributed by atoms with Gasteiger partial charge in [0.2, 0.25) is 5.91 Å². The van der Waals surface area contributed by atoms with Gasteiger partial charge < -0.3 is 20.7 Å². The van der Waals surface area contributed by atoms with Crippen LogP contribution < -0.4 is 20.7 Å². The van der Waals surface area contributed by atoms with E-state index in [9.17, 15) is 14.4 Å². The molecule has 51 heavy (non-hydrogen) atoms. The lowest BCUT2D eigenvalue weighted by molar-refractivity contribution is -0.116. The Morgan fingerprint density at radius 3 is 1.80 bits per heavy atom. The summed E-state index contributed by atoms with van der Waals surface area (Å²) in [6, 6.07) is 49.6. The van der Waals surface area contributed by atoms with Crippen LogP contribution in [0.4, 0.5) is 11.4 Å². The summed E-state index contributed by atoms with van der Waals surface area (Å²) in [6.45, 7) is 0. The topological polar surface area (TPSA) is 96.5 Å². The van der Waals surface area contributed by atoms with E-state index in [1.807, 2.05) is 127 Å². The number of carbonyl (C=O) groups is 3. The van der Waals surface area contributed by atoms with E-state index < -0.39 is 17.1 Å². The molecule has 3 amide bonds. The summed E-state index contributed by atoms with van der Waals surface area (Å²) in [5.41, 5.74) is 3.28. The molecule has 1 atom stereocenters. The molecule has 3 N–H and O–H groups in total. The first-order chi connectivity index (χ1) is 24.9. The van der Waals surface area contributed by atoms with Crippen LogP contribution in [0.5, 0.6) is 11.5 Å².